The Morgan fingerprint density at radius 1 is 1.21 bits per heavy atom. The predicted molar refractivity (Wildman–Crippen MR) is 157 cm³/mol. The third-order valence-corrected chi connectivity index (χ3v) is 9.69. The number of likely N-dealkylation sites (tertiary alicyclic amines) is 1. The van der Waals surface area contributed by atoms with Crippen molar-refractivity contribution in [2.24, 2.45) is 5.73 Å². The van der Waals surface area contributed by atoms with Crippen molar-refractivity contribution in [1.29, 1.82) is 0 Å². The summed E-state index contributed by atoms with van der Waals surface area (Å²) in [5.41, 5.74) is 8.30. The number of amides is 1. The lowest BCUT2D eigenvalue weighted by Crippen LogP contribution is -2.74. The summed E-state index contributed by atoms with van der Waals surface area (Å²) in [5.74, 6) is -0.654. The Labute approximate surface area is 251 Å². The molecule has 2 aromatic carbocycles. The first-order chi connectivity index (χ1) is 20.5. The average Bonchev–Trinajstić information content (AvgIpc) is 3.34. The highest BCUT2D eigenvalue weighted by molar-refractivity contribution is 5.83. The summed E-state index contributed by atoms with van der Waals surface area (Å²) in [5, 5.41) is 14.9. The zero-order chi connectivity index (χ0) is 30.5. The number of likely N-dealkylation sites (N-methyl/N-ethyl adjacent to an activating group) is 1. The standard InChI is InChI=1S/C33H39N3O7/c1-19-9-10-22-18-25-33(40)13-11-24(29-32(33,14-16-36(25)3)27(22)28(19)43-29)42-31(39)20(2)41-26(37)12-15-35-30(38)23(34)17-21-7-5-4-6-8-21/h4-11,20,23,25,29,40H,12-18,34H2,1-3H3,(H,35,38)/t20-,23-,25+,29-,32-,33+/m0/s1. The molecule has 4 aliphatic rings. The van der Waals surface area contributed by atoms with Crippen LogP contribution in [0.1, 0.15) is 48.4 Å². The summed E-state index contributed by atoms with van der Waals surface area (Å²) in [6.45, 7) is 4.24. The zero-order valence-electron chi connectivity index (χ0n) is 24.8. The van der Waals surface area contributed by atoms with Crippen LogP contribution in [0.15, 0.2) is 54.3 Å². The maximum absolute atomic E-state index is 13.1. The third-order valence-electron chi connectivity index (χ3n) is 9.69. The van der Waals surface area contributed by atoms with E-state index in [1.54, 1.807) is 6.08 Å². The first-order valence-electron chi connectivity index (χ1n) is 15.0. The molecule has 6 atom stereocenters. The van der Waals surface area contributed by atoms with Crippen LogP contribution < -0.4 is 15.8 Å². The number of carbonyl (C=O) groups excluding carboxylic acids is 3. The molecule has 10 heteroatoms. The number of hydrogen-bond donors (Lipinski definition) is 3. The van der Waals surface area contributed by atoms with E-state index in [9.17, 15) is 19.5 Å². The van der Waals surface area contributed by atoms with Crippen LogP contribution >= 0.6 is 0 Å². The molecule has 6 rings (SSSR count). The van der Waals surface area contributed by atoms with Gasteiger partial charge in [-0.3, -0.25) is 9.59 Å². The Hall–Kier alpha value is -3.73. The number of piperidine rings is 1. The first-order valence-corrected chi connectivity index (χ1v) is 15.0. The fourth-order valence-electron chi connectivity index (χ4n) is 7.47. The van der Waals surface area contributed by atoms with Gasteiger partial charge in [-0.05, 0) is 69.5 Å². The van der Waals surface area contributed by atoms with E-state index in [1.807, 2.05) is 50.4 Å². The van der Waals surface area contributed by atoms with Crippen molar-refractivity contribution < 1.29 is 33.7 Å². The molecule has 0 aromatic heterocycles. The van der Waals surface area contributed by atoms with Crippen molar-refractivity contribution in [3.8, 4) is 5.75 Å². The number of ether oxygens (including phenoxy) is 3. The van der Waals surface area contributed by atoms with Gasteiger partial charge in [0.25, 0.3) is 0 Å². The third kappa shape index (κ3) is 4.81. The zero-order valence-corrected chi connectivity index (χ0v) is 24.8. The second-order valence-electron chi connectivity index (χ2n) is 12.3. The number of carbonyl (C=O) groups is 3. The Morgan fingerprint density at radius 3 is 2.74 bits per heavy atom. The maximum Gasteiger partial charge on any atom is 0.352 e. The smallest absolute Gasteiger partial charge is 0.352 e. The number of rotatable bonds is 9. The average molecular weight is 590 g/mol. The Bertz CT molecular complexity index is 1480. The van der Waals surface area contributed by atoms with Crippen molar-refractivity contribution in [3.05, 3.63) is 76.6 Å². The summed E-state index contributed by atoms with van der Waals surface area (Å²) in [6, 6.07) is 12.8. The molecule has 2 bridgehead atoms. The molecular weight excluding hydrogens is 550 g/mol. The quantitative estimate of drug-likeness (QED) is 0.374. The number of aliphatic hydroxyl groups is 1. The molecule has 2 aromatic rings. The normalized spacial score (nSPS) is 28.1. The Balaban J connectivity index is 1.07. The van der Waals surface area contributed by atoms with Gasteiger partial charge < -0.3 is 35.3 Å². The number of hydrogen-bond acceptors (Lipinski definition) is 9. The van der Waals surface area contributed by atoms with Gasteiger partial charge in [-0.1, -0.05) is 42.5 Å². The monoisotopic (exact) mass is 589 g/mol. The molecule has 0 radical (unpaired) electrons. The minimum atomic E-state index is -1.18. The highest BCUT2D eigenvalue weighted by Crippen LogP contribution is 2.64. The van der Waals surface area contributed by atoms with E-state index in [-0.39, 0.29) is 24.9 Å². The number of aryl methyl sites for hydroxylation is 1. The van der Waals surface area contributed by atoms with Crippen LogP contribution in [0.5, 0.6) is 5.75 Å². The van der Waals surface area contributed by atoms with Gasteiger partial charge in [0.1, 0.15) is 11.5 Å². The van der Waals surface area contributed by atoms with Gasteiger partial charge in [-0.15, -0.1) is 0 Å². The fraction of sp³-hybridized carbons (Fsp3) is 0.485. The van der Waals surface area contributed by atoms with Crippen LogP contribution in [0.2, 0.25) is 0 Å². The van der Waals surface area contributed by atoms with Crippen LogP contribution in [0.3, 0.4) is 0 Å². The van der Waals surface area contributed by atoms with Gasteiger partial charge in [0.05, 0.1) is 23.5 Å². The molecule has 1 spiro atoms. The Kier molecular flexibility index (Phi) is 7.56. The van der Waals surface area contributed by atoms with Gasteiger partial charge in [0, 0.05) is 24.6 Å². The van der Waals surface area contributed by atoms with Gasteiger partial charge in [-0.2, -0.15) is 0 Å². The topological polar surface area (TPSA) is 140 Å². The largest absolute Gasteiger partial charge is 0.481 e. The van der Waals surface area contributed by atoms with Crippen molar-refractivity contribution >= 4 is 17.8 Å². The molecule has 228 valence electrons. The second-order valence-corrected chi connectivity index (χ2v) is 12.3. The predicted octanol–water partition coefficient (Wildman–Crippen LogP) is 1.82. The number of nitrogens with one attached hydrogen (secondary N) is 1. The molecule has 0 saturated carbocycles. The van der Waals surface area contributed by atoms with E-state index in [4.69, 9.17) is 19.9 Å². The van der Waals surface area contributed by atoms with Crippen molar-refractivity contribution in [2.45, 2.75) is 81.3 Å². The van der Waals surface area contributed by atoms with E-state index < -0.39 is 41.2 Å². The van der Waals surface area contributed by atoms with Crippen LogP contribution in [0.25, 0.3) is 0 Å². The molecular formula is C33H39N3O7. The lowest BCUT2D eigenvalue weighted by molar-refractivity contribution is -0.175. The number of benzene rings is 2. The molecule has 2 heterocycles. The summed E-state index contributed by atoms with van der Waals surface area (Å²) < 4.78 is 17.7. The van der Waals surface area contributed by atoms with E-state index in [1.165, 1.54) is 6.92 Å². The van der Waals surface area contributed by atoms with Crippen molar-refractivity contribution in [3.63, 3.8) is 0 Å². The highest BCUT2D eigenvalue weighted by Gasteiger charge is 2.71. The lowest BCUT2D eigenvalue weighted by atomic mass is 9.50. The van der Waals surface area contributed by atoms with Crippen LogP contribution in [0.4, 0.5) is 0 Å². The first kappa shape index (κ1) is 29.3. The lowest BCUT2D eigenvalue weighted by Gasteiger charge is -2.61. The molecule has 0 unspecified atom stereocenters. The molecule has 1 fully saturated rings. The number of nitrogens with two attached hydrogens (primary N) is 1. The molecule has 2 aliphatic heterocycles. The van der Waals surface area contributed by atoms with Crippen molar-refractivity contribution in [2.75, 3.05) is 20.1 Å². The molecule has 10 nitrogen and oxygen atoms in total. The SMILES string of the molecule is Cc1ccc2c3c1O[C@H]1C(OC(=O)[C@H](C)OC(=O)CCNC(=O)[C@@H](N)Cc4ccccc4)=CC[C@@]4(O)[C@@H](C2)N(C)CC[C@]314. The number of nitrogens with zero attached hydrogens (tertiary/aromatic N) is 1. The summed E-state index contributed by atoms with van der Waals surface area (Å²) in [7, 11) is 2.04. The molecule has 1 amide bonds. The molecule has 4 N–H and O–H groups in total. The number of esters is 2. The van der Waals surface area contributed by atoms with E-state index in [0.717, 1.165) is 41.0 Å². The van der Waals surface area contributed by atoms with Gasteiger partial charge in [-0.25, -0.2) is 4.79 Å². The van der Waals surface area contributed by atoms with Crippen LogP contribution in [-0.4, -0.2) is 77.9 Å². The second kappa shape index (κ2) is 11.1. The summed E-state index contributed by atoms with van der Waals surface area (Å²) in [6.07, 6.45) is 1.86. The molecule has 43 heavy (non-hydrogen) atoms. The summed E-state index contributed by atoms with van der Waals surface area (Å²) >= 11 is 0. The van der Waals surface area contributed by atoms with Crippen LogP contribution in [-0.2, 0) is 42.1 Å². The minimum absolute atomic E-state index is 0.0274. The van der Waals surface area contributed by atoms with Crippen LogP contribution in [0, 0.1) is 6.92 Å². The summed E-state index contributed by atoms with van der Waals surface area (Å²) in [4.78, 5) is 40.2. The fourth-order valence-corrected chi connectivity index (χ4v) is 7.47. The minimum Gasteiger partial charge on any atom is -0.481 e. The van der Waals surface area contributed by atoms with E-state index in [2.05, 4.69) is 16.3 Å². The maximum atomic E-state index is 13.1. The highest BCUT2D eigenvalue weighted by atomic mass is 16.6. The van der Waals surface area contributed by atoms with Crippen molar-refractivity contribution in [1.82, 2.24) is 10.2 Å². The van der Waals surface area contributed by atoms with Gasteiger partial charge in [0.15, 0.2) is 12.2 Å². The van der Waals surface area contributed by atoms with Gasteiger partial charge in [0.2, 0.25) is 5.91 Å². The van der Waals surface area contributed by atoms with E-state index in [0.29, 0.717) is 25.0 Å². The van der Waals surface area contributed by atoms with E-state index >= 15 is 0 Å². The molecule has 1 saturated heterocycles. The van der Waals surface area contributed by atoms with Gasteiger partial charge >= 0.3 is 11.9 Å². The molecule has 2 aliphatic carbocycles. The Morgan fingerprint density at radius 2 is 1.98 bits per heavy atom.